The third kappa shape index (κ3) is 3.25. The van der Waals surface area contributed by atoms with Gasteiger partial charge in [-0.3, -0.25) is 0 Å². The molecule has 0 amide bonds. The Morgan fingerprint density at radius 1 is 1.11 bits per heavy atom. The van der Waals surface area contributed by atoms with E-state index in [4.69, 9.17) is 0 Å². The van der Waals surface area contributed by atoms with Crippen LogP contribution in [0.4, 0.5) is 0 Å². The molecule has 0 aromatic carbocycles. The second kappa shape index (κ2) is 7.76. The van der Waals surface area contributed by atoms with Crippen LogP contribution in [0.25, 0.3) is 0 Å². The molecule has 0 aliphatic carbocycles. The molecule has 100 valence electrons. The van der Waals surface area contributed by atoms with Crippen molar-refractivity contribution in [1.29, 1.82) is 0 Å². The molecule has 0 nitrogen and oxygen atoms in total. The van der Waals surface area contributed by atoms with E-state index >= 15 is 0 Å². The molecule has 1 heterocycles. The molecule has 0 saturated heterocycles. The van der Waals surface area contributed by atoms with Gasteiger partial charge in [0.1, 0.15) is 0 Å². The van der Waals surface area contributed by atoms with Crippen LogP contribution in [0.15, 0.2) is 24.2 Å². The SMILES string of the molecule is CCCCC(CC)C(CC)(CC)c1bcccc1. The molecule has 1 heteroatoms. The summed E-state index contributed by atoms with van der Waals surface area (Å²) in [5, 5.41) is 0. The zero-order chi connectivity index (χ0) is 13.4. The third-order valence-corrected chi connectivity index (χ3v) is 4.79. The first kappa shape index (κ1) is 15.5. The summed E-state index contributed by atoms with van der Waals surface area (Å²) in [6, 6.07) is 6.66. The maximum absolute atomic E-state index is 2.37. The first-order chi connectivity index (χ1) is 8.75. The van der Waals surface area contributed by atoms with E-state index in [9.17, 15) is 0 Å². The first-order valence-electron chi connectivity index (χ1n) is 7.80. The number of unbranched alkanes of at least 4 members (excludes halogenated alkanes) is 1. The molecular formula is C17H29B. The fraction of sp³-hybridized carbons (Fsp3) is 0.706. The van der Waals surface area contributed by atoms with Crippen molar-refractivity contribution in [2.24, 2.45) is 5.92 Å². The maximum atomic E-state index is 2.37. The number of hydrogen-bond donors (Lipinski definition) is 0. The van der Waals surface area contributed by atoms with Crippen LogP contribution >= 0.6 is 0 Å². The zero-order valence-electron chi connectivity index (χ0n) is 12.7. The average molecular weight is 244 g/mol. The van der Waals surface area contributed by atoms with Crippen LogP contribution < -0.4 is 0 Å². The van der Waals surface area contributed by atoms with Crippen LogP contribution in [0.5, 0.6) is 0 Å². The van der Waals surface area contributed by atoms with Gasteiger partial charge in [-0.15, -0.1) is 0 Å². The van der Waals surface area contributed by atoms with Crippen molar-refractivity contribution >= 4 is 6.91 Å². The molecule has 1 atom stereocenters. The van der Waals surface area contributed by atoms with Crippen LogP contribution in [0.3, 0.4) is 0 Å². The molecule has 1 aromatic rings. The van der Waals surface area contributed by atoms with E-state index in [1.54, 1.807) is 5.46 Å². The Labute approximate surface area is 114 Å². The van der Waals surface area contributed by atoms with Gasteiger partial charge in [-0.25, -0.2) is 0 Å². The van der Waals surface area contributed by atoms with Crippen molar-refractivity contribution in [2.75, 3.05) is 0 Å². The van der Waals surface area contributed by atoms with Gasteiger partial charge in [0.25, 0.3) is 0 Å². The van der Waals surface area contributed by atoms with Gasteiger partial charge in [0.05, 0.1) is 0 Å². The molecule has 1 aromatic heterocycles. The molecule has 0 aliphatic rings. The summed E-state index contributed by atoms with van der Waals surface area (Å²) in [5.74, 6) is 3.02. The zero-order valence-corrected chi connectivity index (χ0v) is 12.7. The van der Waals surface area contributed by atoms with Crippen LogP contribution in [-0.2, 0) is 5.41 Å². The van der Waals surface area contributed by atoms with Gasteiger partial charge >= 0.3 is 114 Å². The minimum atomic E-state index is 0.394. The van der Waals surface area contributed by atoms with Crippen LogP contribution in [0.1, 0.15) is 71.7 Å². The Morgan fingerprint density at radius 2 is 1.83 bits per heavy atom. The monoisotopic (exact) mass is 244 g/mol. The van der Waals surface area contributed by atoms with Crippen molar-refractivity contribution in [1.82, 2.24) is 0 Å². The number of hydrogen-bond acceptors (Lipinski definition) is 0. The van der Waals surface area contributed by atoms with Crippen molar-refractivity contribution < 1.29 is 0 Å². The Morgan fingerprint density at radius 3 is 2.28 bits per heavy atom. The summed E-state index contributed by atoms with van der Waals surface area (Å²) in [4.78, 5) is 0. The van der Waals surface area contributed by atoms with Crippen LogP contribution in [0.2, 0.25) is 0 Å². The van der Waals surface area contributed by atoms with Gasteiger partial charge in [0, 0.05) is 0 Å². The van der Waals surface area contributed by atoms with Crippen molar-refractivity contribution in [3.05, 3.63) is 29.6 Å². The summed E-state index contributed by atoms with van der Waals surface area (Å²) >= 11 is 0. The van der Waals surface area contributed by atoms with E-state index < -0.39 is 0 Å². The topological polar surface area (TPSA) is 0 Å². The van der Waals surface area contributed by atoms with Gasteiger partial charge in [-0.1, -0.05) is 0 Å². The summed E-state index contributed by atoms with van der Waals surface area (Å²) < 4.78 is 0. The fourth-order valence-corrected chi connectivity index (χ4v) is 3.56. The molecule has 0 aliphatic heterocycles. The predicted octanol–water partition coefficient (Wildman–Crippen LogP) is 5.30. The fourth-order valence-electron chi connectivity index (χ4n) is 3.56. The molecule has 0 fully saturated rings. The Hall–Kier alpha value is -0.585. The standard InChI is InChI=1S/C17H29B/c1-5-9-12-15(6-2)17(7-3,8-4)16-13-10-11-14-18-16/h10-11,13-15H,5-9,12H2,1-4H3. The molecule has 0 bridgehead atoms. The third-order valence-electron chi connectivity index (χ3n) is 4.79. The molecule has 0 saturated carbocycles. The molecule has 18 heavy (non-hydrogen) atoms. The second-order valence-electron chi connectivity index (χ2n) is 5.48. The van der Waals surface area contributed by atoms with E-state index in [0.29, 0.717) is 5.41 Å². The van der Waals surface area contributed by atoms with E-state index in [2.05, 4.69) is 58.8 Å². The Kier molecular flexibility index (Phi) is 6.67. The summed E-state index contributed by atoms with van der Waals surface area (Å²) in [5.41, 5.74) is 1.95. The molecule has 0 radical (unpaired) electrons. The van der Waals surface area contributed by atoms with Gasteiger partial charge in [0.15, 0.2) is 0 Å². The van der Waals surface area contributed by atoms with E-state index in [0.717, 1.165) is 5.92 Å². The van der Waals surface area contributed by atoms with Crippen molar-refractivity contribution in [2.45, 2.75) is 71.6 Å². The Balaban J connectivity index is 3.04. The summed E-state index contributed by atoms with van der Waals surface area (Å²) in [7, 11) is 0. The van der Waals surface area contributed by atoms with Crippen LogP contribution in [-0.4, -0.2) is 6.91 Å². The molecule has 0 N–H and O–H groups in total. The summed E-state index contributed by atoms with van der Waals surface area (Å²) in [6.45, 7) is 11.7. The molecule has 1 unspecified atom stereocenters. The van der Waals surface area contributed by atoms with E-state index in [1.807, 2.05) is 0 Å². The normalized spacial score (nSPS) is 13.3. The van der Waals surface area contributed by atoms with Gasteiger partial charge < -0.3 is 0 Å². The quantitative estimate of drug-likeness (QED) is 0.582. The van der Waals surface area contributed by atoms with E-state index in [-0.39, 0.29) is 0 Å². The van der Waals surface area contributed by atoms with Crippen molar-refractivity contribution in [3.8, 4) is 0 Å². The van der Waals surface area contributed by atoms with Gasteiger partial charge in [0.2, 0.25) is 0 Å². The molecule has 1 rings (SSSR count). The second-order valence-corrected chi connectivity index (χ2v) is 5.48. The van der Waals surface area contributed by atoms with Gasteiger partial charge in [-0.05, 0) is 0 Å². The minimum absolute atomic E-state index is 0.394. The average Bonchev–Trinajstić information content (AvgIpc) is 2.45. The molecular weight excluding hydrogens is 215 g/mol. The summed E-state index contributed by atoms with van der Waals surface area (Å²) in [6.07, 6.45) is 7.88. The Bertz CT molecular complexity index is 314. The first-order valence-corrected chi connectivity index (χ1v) is 7.80. The van der Waals surface area contributed by atoms with Gasteiger partial charge in [-0.2, -0.15) is 0 Å². The van der Waals surface area contributed by atoms with E-state index in [1.165, 1.54) is 38.5 Å². The predicted molar refractivity (Wildman–Crippen MR) is 83.4 cm³/mol. The van der Waals surface area contributed by atoms with Crippen LogP contribution in [0, 0.1) is 5.92 Å². The molecule has 0 spiro atoms. The van der Waals surface area contributed by atoms with Crippen molar-refractivity contribution in [3.63, 3.8) is 0 Å². The number of rotatable bonds is 8.